The van der Waals surface area contributed by atoms with Crippen molar-refractivity contribution in [1.29, 1.82) is 0 Å². The van der Waals surface area contributed by atoms with Gasteiger partial charge in [-0.25, -0.2) is 0 Å². The normalized spacial score (nSPS) is 10.2. The number of ether oxygens (including phenoxy) is 2. The van der Waals surface area contributed by atoms with Gasteiger partial charge in [0.1, 0.15) is 5.75 Å². The van der Waals surface area contributed by atoms with Gasteiger partial charge in [0.2, 0.25) is 0 Å². The number of hydrogen-bond acceptors (Lipinski definition) is 4. The molecule has 0 heterocycles. The Morgan fingerprint density at radius 1 is 1.28 bits per heavy atom. The molecule has 0 radical (unpaired) electrons. The summed E-state index contributed by atoms with van der Waals surface area (Å²) in [5.74, 6) is 0.658. The highest BCUT2D eigenvalue weighted by Crippen LogP contribution is 2.12. The maximum atomic E-state index is 12.0. The fourth-order valence-electron chi connectivity index (χ4n) is 1.42. The van der Waals surface area contributed by atoms with Crippen molar-refractivity contribution >= 4 is 5.91 Å². The third-order valence-electron chi connectivity index (χ3n) is 2.49. The SMILES string of the molecule is COc1ccc(C(=O)N(C)CCOCCO)cc1. The summed E-state index contributed by atoms with van der Waals surface area (Å²) in [6.07, 6.45) is 0. The van der Waals surface area contributed by atoms with Crippen molar-refractivity contribution in [2.75, 3.05) is 40.5 Å². The first-order chi connectivity index (χ1) is 8.69. The lowest BCUT2D eigenvalue weighted by Gasteiger charge is -2.17. The van der Waals surface area contributed by atoms with Gasteiger partial charge < -0.3 is 19.5 Å². The number of nitrogens with zero attached hydrogens (tertiary/aromatic N) is 1. The van der Waals surface area contributed by atoms with E-state index in [0.717, 1.165) is 5.75 Å². The van der Waals surface area contributed by atoms with Crippen LogP contribution in [0.4, 0.5) is 0 Å². The molecule has 5 nitrogen and oxygen atoms in total. The largest absolute Gasteiger partial charge is 0.497 e. The Kier molecular flexibility index (Phi) is 6.18. The van der Waals surface area contributed by atoms with Crippen molar-refractivity contribution < 1.29 is 19.4 Å². The first kappa shape index (κ1) is 14.5. The number of carbonyl (C=O) groups excluding carboxylic acids is 1. The maximum absolute atomic E-state index is 12.0. The molecule has 1 N–H and O–H groups in total. The molecule has 1 aromatic rings. The van der Waals surface area contributed by atoms with E-state index in [4.69, 9.17) is 14.6 Å². The predicted molar refractivity (Wildman–Crippen MR) is 67.9 cm³/mol. The second-order valence-electron chi connectivity index (χ2n) is 3.79. The van der Waals surface area contributed by atoms with E-state index >= 15 is 0 Å². The molecular formula is C13H19NO4. The van der Waals surface area contributed by atoms with Gasteiger partial charge in [-0.05, 0) is 24.3 Å². The van der Waals surface area contributed by atoms with Crippen molar-refractivity contribution in [3.05, 3.63) is 29.8 Å². The van der Waals surface area contributed by atoms with E-state index in [1.165, 1.54) is 0 Å². The van der Waals surface area contributed by atoms with Gasteiger partial charge >= 0.3 is 0 Å². The summed E-state index contributed by atoms with van der Waals surface area (Å²) in [5, 5.41) is 8.55. The van der Waals surface area contributed by atoms with Crippen LogP contribution in [0.5, 0.6) is 5.75 Å². The van der Waals surface area contributed by atoms with Gasteiger partial charge in [0.15, 0.2) is 0 Å². The fourth-order valence-corrected chi connectivity index (χ4v) is 1.42. The van der Waals surface area contributed by atoms with Crippen LogP contribution in [0.2, 0.25) is 0 Å². The lowest BCUT2D eigenvalue weighted by atomic mass is 10.2. The minimum absolute atomic E-state index is 0.00383. The highest BCUT2D eigenvalue weighted by molar-refractivity contribution is 5.94. The Bertz CT molecular complexity index is 364. The number of aliphatic hydroxyl groups excluding tert-OH is 1. The summed E-state index contributed by atoms with van der Waals surface area (Å²) in [4.78, 5) is 13.6. The molecule has 0 aliphatic rings. The number of hydrogen-bond donors (Lipinski definition) is 1. The number of rotatable bonds is 7. The second kappa shape index (κ2) is 7.68. The zero-order valence-electron chi connectivity index (χ0n) is 10.8. The molecule has 0 unspecified atom stereocenters. The number of benzene rings is 1. The first-order valence-electron chi connectivity index (χ1n) is 5.77. The van der Waals surface area contributed by atoms with Crippen LogP contribution in [-0.2, 0) is 4.74 Å². The molecule has 0 bridgehead atoms. The number of likely N-dealkylation sites (N-methyl/N-ethyl adjacent to an activating group) is 1. The molecule has 0 spiro atoms. The molecule has 18 heavy (non-hydrogen) atoms. The Morgan fingerprint density at radius 2 is 1.94 bits per heavy atom. The zero-order chi connectivity index (χ0) is 13.4. The molecule has 1 amide bonds. The van der Waals surface area contributed by atoms with Gasteiger partial charge in [-0.2, -0.15) is 0 Å². The summed E-state index contributed by atoms with van der Waals surface area (Å²) in [7, 11) is 3.30. The van der Waals surface area contributed by atoms with E-state index in [1.54, 1.807) is 43.3 Å². The van der Waals surface area contributed by atoms with Crippen LogP contribution < -0.4 is 4.74 Å². The van der Waals surface area contributed by atoms with Gasteiger partial charge in [-0.1, -0.05) is 0 Å². The molecule has 0 saturated carbocycles. The van der Waals surface area contributed by atoms with E-state index in [2.05, 4.69) is 0 Å². The van der Waals surface area contributed by atoms with Crippen LogP contribution in [0, 0.1) is 0 Å². The highest BCUT2D eigenvalue weighted by Gasteiger charge is 2.11. The fraction of sp³-hybridized carbons (Fsp3) is 0.462. The van der Waals surface area contributed by atoms with Gasteiger partial charge in [-0.3, -0.25) is 4.79 Å². The zero-order valence-corrected chi connectivity index (χ0v) is 10.8. The van der Waals surface area contributed by atoms with Crippen LogP contribution in [-0.4, -0.2) is 56.4 Å². The Hall–Kier alpha value is -1.59. The van der Waals surface area contributed by atoms with Crippen molar-refractivity contribution in [1.82, 2.24) is 4.90 Å². The molecule has 1 rings (SSSR count). The Morgan fingerprint density at radius 3 is 2.50 bits per heavy atom. The van der Waals surface area contributed by atoms with Crippen LogP contribution >= 0.6 is 0 Å². The second-order valence-corrected chi connectivity index (χ2v) is 3.79. The minimum atomic E-state index is -0.0646. The number of amides is 1. The number of aliphatic hydroxyl groups is 1. The third-order valence-corrected chi connectivity index (χ3v) is 2.49. The monoisotopic (exact) mass is 253 g/mol. The van der Waals surface area contributed by atoms with Crippen molar-refractivity contribution in [2.45, 2.75) is 0 Å². The molecule has 0 aliphatic heterocycles. The summed E-state index contributed by atoms with van der Waals surface area (Å²) < 4.78 is 10.1. The lowest BCUT2D eigenvalue weighted by Crippen LogP contribution is -2.30. The molecule has 1 aromatic carbocycles. The lowest BCUT2D eigenvalue weighted by molar-refractivity contribution is 0.0618. The third kappa shape index (κ3) is 4.35. The smallest absolute Gasteiger partial charge is 0.253 e. The Balaban J connectivity index is 2.46. The highest BCUT2D eigenvalue weighted by atomic mass is 16.5. The van der Waals surface area contributed by atoms with Gasteiger partial charge in [0.05, 0.1) is 26.9 Å². The van der Waals surface area contributed by atoms with Crippen molar-refractivity contribution in [3.63, 3.8) is 0 Å². The molecule has 0 aliphatic carbocycles. The molecule has 100 valence electrons. The van der Waals surface area contributed by atoms with Gasteiger partial charge in [0, 0.05) is 19.2 Å². The number of carbonyl (C=O) groups is 1. The van der Waals surface area contributed by atoms with E-state index in [1.807, 2.05) is 0 Å². The van der Waals surface area contributed by atoms with Gasteiger partial charge in [0.25, 0.3) is 5.91 Å². The molecule has 0 fully saturated rings. The quantitative estimate of drug-likeness (QED) is 0.729. The topological polar surface area (TPSA) is 59.0 Å². The average molecular weight is 253 g/mol. The number of methoxy groups -OCH3 is 1. The molecule has 0 atom stereocenters. The standard InChI is InChI=1S/C13H19NO4/c1-14(7-9-18-10-8-15)13(16)11-3-5-12(17-2)6-4-11/h3-6,15H,7-10H2,1-2H3. The van der Waals surface area contributed by atoms with Crippen LogP contribution in [0.15, 0.2) is 24.3 Å². The van der Waals surface area contributed by atoms with Crippen LogP contribution in [0.25, 0.3) is 0 Å². The first-order valence-corrected chi connectivity index (χ1v) is 5.77. The maximum Gasteiger partial charge on any atom is 0.253 e. The van der Waals surface area contributed by atoms with E-state index in [-0.39, 0.29) is 12.5 Å². The van der Waals surface area contributed by atoms with Crippen LogP contribution in [0.3, 0.4) is 0 Å². The minimum Gasteiger partial charge on any atom is -0.497 e. The predicted octanol–water partition coefficient (Wildman–Crippen LogP) is 0.776. The summed E-state index contributed by atoms with van der Waals surface area (Å²) in [6, 6.07) is 6.96. The molecule has 0 saturated heterocycles. The van der Waals surface area contributed by atoms with E-state index in [9.17, 15) is 4.79 Å². The van der Waals surface area contributed by atoms with Crippen LogP contribution in [0.1, 0.15) is 10.4 Å². The van der Waals surface area contributed by atoms with E-state index < -0.39 is 0 Å². The molecule has 5 heteroatoms. The average Bonchev–Trinajstić information content (AvgIpc) is 2.42. The summed E-state index contributed by atoms with van der Waals surface area (Å²) in [6.45, 7) is 1.20. The van der Waals surface area contributed by atoms with E-state index in [0.29, 0.717) is 25.3 Å². The summed E-state index contributed by atoms with van der Waals surface area (Å²) in [5.41, 5.74) is 0.612. The molecular weight excluding hydrogens is 234 g/mol. The molecule has 0 aromatic heterocycles. The van der Waals surface area contributed by atoms with Gasteiger partial charge in [-0.15, -0.1) is 0 Å². The van der Waals surface area contributed by atoms with Crippen molar-refractivity contribution in [3.8, 4) is 5.75 Å². The summed E-state index contributed by atoms with van der Waals surface area (Å²) >= 11 is 0. The Labute approximate surface area is 107 Å². The van der Waals surface area contributed by atoms with Crippen molar-refractivity contribution in [2.24, 2.45) is 0 Å².